The van der Waals surface area contributed by atoms with Gasteiger partial charge in [0.25, 0.3) is 0 Å². The summed E-state index contributed by atoms with van der Waals surface area (Å²) < 4.78 is 0. The van der Waals surface area contributed by atoms with Crippen LogP contribution in [0.25, 0.3) is 0 Å². The first-order valence-electron chi connectivity index (χ1n) is 6.21. The molecule has 2 atom stereocenters. The fraction of sp³-hybridized carbons (Fsp3) is 0.917. The normalized spacial score (nSPS) is 21.3. The molecule has 3 heteroatoms. The van der Waals surface area contributed by atoms with E-state index in [2.05, 4.69) is 12.2 Å². The molecule has 1 saturated carbocycles. The van der Waals surface area contributed by atoms with Crippen LogP contribution in [-0.2, 0) is 4.79 Å². The molecule has 1 amide bonds. The molecule has 1 aliphatic rings. The molecule has 0 heterocycles. The van der Waals surface area contributed by atoms with Crippen molar-refractivity contribution >= 4 is 5.91 Å². The molecule has 88 valence electrons. The standard InChI is InChI=1S/C12H24N2O/c1-3-6-11(13)12(15)14-9(2)10-7-4-5-8-10/h9-11H,3-8,13H2,1-2H3,(H,14,15). The average molecular weight is 212 g/mol. The van der Waals surface area contributed by atoms with E-state index in [1.54, 1.807) is 0 Å². The first-order chi connectivity index (χ1) is 7.15. The van der Waals surface area contributed by atoms with Crippen LogP contribution < -0.4 is 11.1 Å². The summed E-state index contributed by atoms with van der Waals surface area (Å²) in [7, 11) is 0. The lowest BCUT2D eigenvalue weighted by Crippen LogP contribution is -2.46. The van der Waals surface area contributed by atoms with Crippen molar-refractivity contribution in [2.75, 3.05) is 0 Å². The van der Waals surface area contributed by atoms with E-state index >= 15 is 0 Å². The van der Waals surface area contributed by atoms with Crippen LogP contribution in [0.3, 0.4) is 0 Å². The molecule has 3 N–H and O–H groups in total. The minimum Gasteiger partial charge on any atom is -0.352 e. The van der Waals surface area contributed by atoms with Crippen LogP contribution in [0, 0.1) is 5.92 Å². The second-order valence-electron chi connectivity index (χ2n) is 4.74. The highest BCUT2D eigenvalue weighted by Gasteiger charge is 2.24. The number of amides is 1. The average Bonchev–Trinajstić information content (AvgIpc) is 2.70. The Morgan fingerprint density at radius 3 is 2.60 bits per heavy atom. The molecule has 1 rings (SSSR count). The van der Waals surface area contributed by atoms with Crippen LogP contribution >= 0.6 is 0 Å². The van der Waals surface area contributed by atoms with Gasteiger partial charge in [-0.05, 0) is 32.1 Å². The number of rotatable bonds is 5. The van der Waals surface area contributed by atoms with Gasteiger partial charge in [-0.25, -0.2) is 0 Å². The Bertz CT molecular complexity index is 200. The second-order valence-corrected chi connectivity index (χ2v) is 4.74. The van der Waals surface area contributed by atoms with Crippen molar-refractivity contribution in [1.29, 1.82) is 0 Å². The fourth-order valence-electron chi connectivity index (χ4n) is 2.35. The zero-order chi connectivity index (χ0) is 11.3. The molecule has 15 heavy (non-hydrogen) atoms. The van der Waals surface area contributed by atoms with Crippen molar-refractivity contribution in [2.24, 2.45) is 11.7 Å². The number of nitrogens with two attached hydrogens (primary N) is 1. The largest absolute Gasteiger partial charge is 0.352 e. The zero-order valence-corrected chi connectivity index (χ0v) is 9.96. The maximum absolute atomic E-state index is 11.7. The number of hydrogen-bond acceptors (Lipinski definition) is 2. The third-order valence-electron chi connectivity index (χ3n) is 3.41. The monoisotopic (exact) mass is 212 g/mol. The highest BCUT2D eigenvalue weighted by atomic mass is 16.2. The first kappa shape index (κ1) is 12.5. The van der Waals surface area contributed by atoms with Gasteiger partial charge in [0.1, 0.15) is 0 Å². The van der Waals surface area contributed by atoms with Gasteiger partial charge in [0.05, 0.1) is 6.04 Å². The van der Waals surface area contributed by atoms with Crippen LogP contribution in [-0.4, -0.2) is 18.0 Å². The van der Waals surface area contributed by atoms with E-state index in [4.69, 9.17) is 5.73 Å². The number of nitrogens with one attached hydrogen (secondary N) is 1. The maximum Gasteiger partial charge on any atom is 0.237 e. The molecule has 2 unspecified atom stereocenters. The van der Waals surface area contributed by atoms with Crippen molar-refractivity contribution in [2.45, 2.75) is 64.5 Å². The summed E-state index contributed by atoms with van der Waals surface area (Å²) in [6.07, 6.45) is 6.88. The smallest absolute Gasteiger partial charge is 0.237 e. The molecule has 0 aromatic heterocycles. The Morgan fingerprint density at radius 1 is 1.47 bits per heavy atom. The van der Waals surface area contributed by atoms with E-state index in [0.29, 0.717) is 12.0 Å². The Hall–Kier alpha value is -0.570. The molecule has 0 aromatic rings. The lowest BCUT2D eigenvalue weighted by Gasteiger charge is -2.22. The van der Waals surface area contributed by atoms with Crippen LogP contribution in [0.2, 0.25) is 0 Å². The molecular weight excluding hydrogens is 188 g/mol. The lowest BCUT2D eigenvalue weighted by molar-refractivity contribution is -0.123. The third kappa shape index (κ3) is 3.82. The van der Waals surface area contributed by atoms with E-state index in [9.17, 15) is 4.79 Å². The van der Waals surface area contributed by atoms with Gasteiger partial charge >= 0.3 is 0 Å². The molecule has 0 radical (unpaired) electrons. The Labute approximate surface area is 92.8 Å². The Balaban J connectivity index is 2.29. The molecule has 1 fully saturated rings. The minimum atomic E-state index is -0.321. The van der Waals surface area contributed by atoms with Crippen LogP contribution in [0.15, 0.2) is 0 Å². The summed E-state index contributed by atoms with van der Waals surface area (Å²) in [4.78, 5) is 11.7. The number of carbonyl (C=O) groups is 1. The van der Waals surface area contributed by atoms with Crippen molar-refractivity contribution in [1.82, 2.24) is 5.32 Å². The van der Waals surface area contributed by atoms with E-state index in [0.717, 1.165) is 12.8 Å². The summed E-state index contributed by atoms with van der Waals surface area (Å²) >= 11 is 0. The topological polar surface area (TPSA) is 55.1 Å². The zero-order valence-electron chi connectivity index (χ0n) is 9.96. The van der Waals surface area contributed by atoms with Gasteiger partial charge in [-0.1, -0.05) is 26.2 Å². The van der Waals surface area contributed by atoms with Crippen molar-refractivity contribution in [3.05, 3.63) is 0 Å². The molecular formula is C12H24N2O. The summed E-state index contributed by atoms with van der Waals surface area (Å²) in [5.41, 5.74) is 5.76. The van der Waals surface area contributed by atoms with Gasteiger partial charge in [0.15, 0.2) is 0 Å². The number of hydrogen-bond donors (Lipinski definition) is 2. The maximum atomic E-state index is 11.7. The highest BCUT2D eigenvalue weighted by Crippen LogP contribution is 2.27. The minimum absolute atomic E-state index is 0.0243. The molecule has 0 aromatic carbocycles. The molecule has 3 nitrogen and oxygen atoms in total. The summed E-state index contributed by atoms with van der Waals surface area (Å²) in [5.74, 6) is 0.694. The SMILES string of the molecule is CCCC(N)C(=O)NC(C)C1CCCC1. The van der Waals surface area contributed by atoms with Gasteiger partial charge < -0.3 is 11.1 Å². The van der Waals surface area contributed by atoms with E-state index in [-0.39, 0.29) is 11.9 Å². The van der Waals surface area contributed by atoms with Gasteiger partial charge in [-0.3, -0.25) is 4.79 Å². The van der Waals surface area contributed by atoms with Gasteiger partial charge in [-0.15, -0.1) is 0 Å². The quantitative estimate of drug-likeness (QED) is 0.730. The third-order valence-corrected chi connectivity index (χ3v) is 3.41. The molecule has 0 saturated heterocycles. The molecule has 0 spiro atoms. The van der Waals surface area contributed by atoms with Gasteiger partial charge in [0, 0.05) is 6.04 Å². The van der Waals surface area contributed by atoms with Crippen LogP contribution in [0.4, 0.5) is 0 Å². The summed E-state index contributed by atoms with van der Waals surface area (Å²) in [5, 5.41) is 3.04. The predicted octanol–water partition coefficient (Wildman–Crippen LogP) is 1.81. The van der Waals surface area contributed by atoms with Crippen molar-refractivity contribution in [3.8, 4) is 0 Å². The molecule has 0 bridgehead atoms. The molecule has 0 aliphatic heterocycles. The molecule has 1 aliphatic carbocycles. The Morgan fingerprint density at radius 2 is 2.07 bits per heavy atom. The van der Waals surface area contributed by atoms with Gasteiger partial charge in [-0.2, -0.15) is 0 Å². The lowest BCUT2D eigenvalue weighted by atomic mass is 9.99. The highest BCUT2D eigenvalue weighted by molar-refractivity contribution is 5.81. The predicted molar refractivity (Wildman–Crippen MR) is 62.4 cm³/mol. The second kappa shape index (κ2) is 6.11. The van der Waals surface area contributed by atoms with Gasteiger partial charge in [0.2, 0.25) is 5.91 Å². The summed E-state index contributed by atoms with van der Waals surface area (Å²) in [6.45, 7) is 4.15. The van der Waals surface area contributed by atoms with Crippen LogP contribution in [0.1, 0.15) is 52.4 Å². The van der Waals surface area contributed by atoms with E-state index < -0.39 is 0 Å². The fourth-order valence-corrected chi connectivity index (χ4v) is 2.35. The van der Waals surface area contributed by atoms with Crippen molar-refractivity contribution in [3.63, 3.8) is 0 Å². The number of carbonyl (C=O) groups excluding carboxylic acids is 1. The van der Waals surface area contributed by atoms with Crippen molar-refractivity contribution < 1.29 is 4.79 Å². The van der Waals surface area contributed by atoms with Crippen LogP contribution in [0.5, 0.6) is 0 Å². The summed E-state index contributed by atoms with van der Waals surface area (Å²) in [6, 6.07) is -0.0261. The van der Waals surface area contributed by atoms with E-state index in [1.807, 2.05) is 6.92 Å². The first-order valence-corrected chi connectivity index (χ1v) is 6.21. The van der Waals surface area contributed by atoms with E-state index in [1.165, 1.54) is 25.7 Å². The Kier molecular flexibility index (Phi) is 5.09.